The number of carbonyl (C=O) groups excluding carboxylic acids is 1. The number of hydrogen-bond acceptors (Lipinski definition) is 9. The van der Waals surface area contributed by atoms with E-state index in [9.17, 15) is 41.0 Å². The Bertz CT molecular complexity index is 1130. The molecule has 2 aromatic rings. The van der Waals surface area contributed by atoms with Gasteiger partial charge in [-0.2, -0.15) is 31.4 Å². The number of anilines is 2. The van der Waals surface area contributed by atoms with Gasteiger partial charge in [-0.1, -0.05) is 0 Å². The SMILES string of the molecule is C[C@@H](O)[C@@H](COCCC(=O)N1CCN(c2ncc(C(F)(F)F)cn2)CC1)Nc1cn[nH]c(=O)c1C(F)(F)F. The summed E-state index contributed by atoms with van der Waals surface area (Å²) in [5.41, 5.74) is -4.52. The monoisotopic (exact) mass is 553 g/mol. The van der Waals surface area contributed by atoms with Crippen molar-refractivity contribution >= 4 is 17.5 Å². The van der Waals surface area contributed by atoms with Crippen LogP contribution in [-0.2, 0) is 21.9 Å². The van der Waals surface area contributed by atoms with Crippen molar-refractivity contribution in [2.45, 2.75) is 37.8 Å². The van der Waals surface area contributed by atoms with Gasteiger partial charge in [-0.25, -0.2) is 15.1 Å². The molecule has 0 aliphatic carbocycles. The number of amides is 1. The highest BCUT2D eigenvalue weighted by atomic mass is 19.4. The molecule has 0 aromatic carbocycles. The van der Waals surface area contributed by atoms with Gasteiger partial charge in [0.05, 0.1) is 49.2 Å². The summed E-state index contributed by atoms with van der Waals surface area (Å²) in [7, 11) is 0. The molecule has 3 N–H and O–H groups in total. The van der Waals surface area contributed by atoms with Crippen LogP contribution in [0.3, 0.4) is 0 Å². The minimum Gasteiger partial charge on any atom is -0.391 e. The first kappa shape index (κ1) is 29.1. The molecule has 1 fully saturated rings. The molecule has 0 saturated carbocycles. The van der Waals surface area contributed by atoms with Crippen molar-refractivity contribution < 1.29 is 41.0 Å². The van der Waals surface area contributed by atoms with Gasteiger partial charge in [0.1, 0.15) is 5.56 Å². The Hall–Kier alpha value is -3.47. The Morgan fingerprint density at radius 1 is 1.11 bits per heavy atom. The number of nitrogens with zero attached hydrogens (tertiary/aromatic N) is 5. The quantitative estimate of drug-likeness (QED) is 0.312. The molecule has 17 heteroatoms. The van der Waals surface area contributed by atoms with Crippen LogP contribution >= 0.6 is 0 Å². The van der Waals surface area contributed by atoms with E-state index in [1.54, 1.807) is 10.00 Å². The van der Waals surface area contributed by atoms with Crippen LogP contribution < -0.4 is 15.8 Å². The molecule has 0 bridgehead atoms. The van der Waals surface area contributed by atoms with Crippen LogP contribution in [0.4, 0.5) is 38.0 Å². The second kappa shape index (κ2) is 11.9. The summed E-state index contributed by atoms with van der Waals surface area (Å²) < 4.78 is 83.1. The second-order valence-electron chi connectivity index (χ2n) is 8.44. The zero-order valence-electron chi connectivity index (χ0n) is 20.0. The number of aromatic nitrogens is 4. The third-order valence-electron chi connectivity index (χ3n) is 5.70. The van der Waals surface area contributed by atoms with Crippen molar-refractivity contribution in [3.05, 3.63) is 40.1 Å². The first-order valence-corrected chi connectivity index (χ1v) is 11.4. The lowest BCUT2D eigenvalue weighted by Crippen LogP contribution is -2.49. The number of H-pyrrole nitrogens is 1. The highest BCUT2D eigenvalue weighted by molar-refractivity contribution is 5.76. The lowest BCUT2D eigenvalue weighted by atomic mass is 10.1. The number of hydrogen-bond donors (Lipinski definition) is 3. The van der Waals surface area contributed by atoms with Gasteiger partial charge in [-0.05, 0) is 6.92 Å². The van der Waals surface area contributed by atoms with Crippen LogP contribution in [0.5, 0.6) is 0 Å². The molecule has 2 atom stereocenters. The number of aromatic amines is 1. The first-order valence-electron chi connectivity index (χ1n) is 11.4. The van der Waals surface area contributed by atoms with Crippen LogP contribution in [0.15, 0.2) is 23.4 Å². The summed E-state index contributed by atoms with van der Waals surface area (Å²) in [6.45, 7) is 2.11. The van der Waals surface area contributed by atoms with E-state index in [2.05, 4.69) is 20.4 Å². The topological polar surface area (TPSA) is 137 Å². The molecule has 0 spiro atoms. The number of aliphatic hydroxyl groups excluding tert-OH is 1. The average Bonchev–Trinajstić information content (AvgIpc) is 2.84. The summed E-state index contributed by atoms with van der Waals surface area (Å²) in [5, 5.41) is 17.4. The number of rotatable bonds is 9. The molecule has 11 nitrogen and oxygen atoms in total. The standard InChI is InChI=1S/C21H25F6N7O4/c1-12(35)15(31-14-10-30-32-18(37)17(14)21(25,26)27)11-38-7-2-16(36)33-3-5-34(6-4-33)19-28-8-13(9-29-19)20(22,23)24/h8-10,12,15,35H,2-7,11H2,1H3,(H2,31,32,37)/t12-,15-/m1/s1. The Labute approximate surface area is 211 Å². The Morgan fingerprint density at radius 2 is 1.74 bits per heavy atom. The fourth-order valence-corrected chi connectivity index (χ4v) is 3.60. The fourth-order valence-electron chi connectivity index (χ4n) is 3.60. The normalized spacial score (nSPS) is 16.3. The van der Waals surface area contributed by atoms with E-state index in [4.69, 9.17) is 4.74 Å². The molecule has 0 radical (unpaired) electrons. The van der Waals surface area contributed by atoms with E-state index in [1.165, 1.54) is 11.8 Å². The lowest BCUT2D eigenvalue weighted by molar-refractivity contribution is -0.139. The molecular formula is C21H25F6N7O4. The molecule has 38 heavy (non-hydrogen) atoms. The molecule has 2 aromatic heterocycles. The van der Waals surface area contributed by atoms with Gasteiger partial charge < -0.3 is 25.0 Å². The highest BCUT2D eigenvalue weighted by Gasteiger charge is 2.38. The van der Waals surface area contributed by atoms with Crippen molar-refractivity contribution in [1.82, 2.24) is 25.1 Å². The Balaban J connectivity index is 1.46. The maximum Gasteiger partial charge on any atom is 0.423 e. The molecule has 0 unspecified atom stereocenters. The maximum atomic E-state index is 13.2. The molecule has 3 rings (SSSR count). The predicted octanol–water partition coefficient (Wildman–Crippen LogP) is 1.51. The molecular weight excluding hydrogens is 528 g/mol. The number of alkyl halides is 6. The van der Waals surface area contributed by atoms with Gasteiger partial charge in [-0.3, -0.25) is 9.59 Å². The van der Waals surface area contributed by atoms with Gasteiger partial charge >= 0.3 is 12.4 Å². The minimum atomic E-state index is -4.96. The highest BCUT2D eigenvalue weighted by Crippen LogP contribution is 2.32. The third kappa shape index (κ3) is 7.53. The zero-order chi connectivity index (χ0) is 28.1. The average molecular weight is 553 g/mol. The van der Waals surface area contributed by atoms with E-state index < -0.39 is 46.9 Å². The number of ether oxygens (including phenoxy) is 1. The van der Waals surface area contributed by atoms with Crippen molar-refractivity contribution in [2.24, 2.45) is 0 Å². The summed E-state index contributed by atoms with van der Waals surface area (Å²) in [6.07, 6.45) is -8.56. The number of carbonyl (C=O) groups is 1. The van der Waals surface area contributed by atoms with Crippen LogP contribution in [0.2, 0.25) is 0 Å². The molecule has 1 aliphatic rings. The van der Waals surface area contributed by atoms with E-state index >= 15 is 0 Å². The van der Waals surface area contributed by atoms with E-state index in [0.29, 0.717) is 25.5 Å². The number of piperazine rings is 1. The van der Waals surface area contributed by atoms with Gasteiger partial charge in [-0.15, -0.1) is 0 Å². The molecule has 210 valence electrons. The van der Waals surface area contributed by atoms with Crippen molar-refractivity contribution in [1.29, 1.82) is 0 Å². The van der Waals surface area contributed by atoms with Crippen LogP contribution in [-0.4, -0.2) is 87.6 Å². The maximum absolute atomic E-state index is 13.2. The van der Waals surface area contributed by atoms with Crippen molar-refractivity contribution in [3.63, 3.8) is 0 Å². The third-order valence-corrected chi connectivity index (χ3v) is 5.70. The van der Waals surface area contributed by atoms with E-state index in [1.807, 2.05) is 0 Å². The first-order chi connectivity index (χ1) is 17.8. The van der Waals surface area contributed by atoms with Gasteiger partial charge in [0, 0.05) is 38.6 Å². The number of aliphatic hydroxyl groups is 1. The zero-order valence-corrected chi connectivity index (χ0v) is 20.0. The minimum absolute atomic E-state index is 0.0519. The number of nitrogens with one attached hydrogen (secondary N) is 2. The van der Waals surface area contributed by atoms with Gasteiger partial charge in [0.2, 0.25) is 11.9 Å². The lowest BCUT2D eigenvalue weighted by Gasteiger charge is -2.34. The van der Waals surface area contributed by atoms with Crippen molar-refractivity contribution in [2.75, 3.05) is 49.6 Å². The smallest absolute Gasteiger partial charge is 0.391 e. The predicted molar refractivity (Wildman–Crippen MR) is 120 cm³/mol. The van der Waals surface area contributed by atoms with Gasteiger partial charge in [0.25, 0.3) is 5.56 Å². The molecule has 1 aliphatic heterocycles. The molecule has 3 heterocycles. The number of halogens is 6. The fraction of sp³-hybridized carbons (Fsp3) is 0.571. The Kier molecular flexibility index (Phi) is 9.14. The van der Waals surface area contributed by atoms with Gasteiger partial charge in [0.15, 0.2) is 0 Å². The molecule has 1 saturated heterocycles. The largest absolute Gasteiger partial charge is 0.423 e. The van der Waals surface area contributed by atoms with Crippen LogP contribution in [0, 0.1) is 0 Å². The Morgan fingerprint density at radius 3 is 2.29 bits per heavy atom. The van der Waals surface area contributed by atoms with Crippen molar-refractivity contribution in [3.8, 4) is 0 Å². The summed E-state index contributed by atoms with van der Waals surface area (Å²) >= 11 is 0. The van der Waals surface area contributed by atoms with Crippen LogP contribution in [0.25, 0.3) is 0 Å². The molecule has 1 amide bonds. The second-order valence-corrected chi connectivity index (χ2v) is 8.44. The summed E-state index contributed by atoms with van der Waals surface area (Å²) in [4.78, 5) is 34.8. The van der Waals surface area contributed by atoms with E-state index in [0.717, 1.165) is 6.20 Å². The van der Waals surface area contributed by atoms with Crippen LogP contribution in [0.1, 0.15) is 24.5 Å². The summed E-state index contributed by atoms with van der Waals surface area (Å²) in [6, 6.07) is -1.04. The van der Waals surface area contributed by atoms with E-state index in [-0.39, 0.29) is 44.6 Å². The summed E-state index contributed by atoms with van der Waals surface area (Å²) in [5.74, 6) is -0.146.